The zero-order chi connectivity index (χ0) is 12.3. The largest absolute Gasteiger partial charge is 0.369 e. The Morgan fingerprint density at radius 2 is 2.24 bits per heavy atom. The molecule has 0 bridgehead atoms. The third-order valence-corrected chi connectivity index (χ3v) is 3.55. The first kappa shape index (κ1) is 11.7. The molecule has 2 aromatic heterocycles. The Morgan fingerprint density at radius 3 is 2.88 bits per heavy atom. The summed E-state index contributed by atoms with van der Waals surface area (Å²) in [5.74, 6) is -0.633. The fourth-order valence-corrected chi connectivity index (χ4v) is 2.51. The van der Waals surface area contributed by atoms with E-state index >= 15 is 0 Å². The number of carbonyl (C=O) groups excluding carboxylic acids is 2. The summed E-state index contributed by atoms with van der Waals surface area (Å²) in [7, 11) is 0. The molecule has 88 valence electrons. The Hall–Kier alpha value is -1.73. The molecule has 0 spiro atoms. The lowest BCUT2D eigenvalue weighted by Gasteiger charge is -1.97. The Bertz CT molecular complexity index is 534. The number of hydrogen-bond acceptors (Lipinski definition) is 5. The summed E-state index contributed by atoms with van der Waals surface area (Å²) >= 11 is 2.63. The number of thiophene rings is 1. The minimum Gasteiger partial charge on any atom is -0.369 e. The predicted octanol–water partition coefficient (Wildman–Crippen LogP) is 1.48. The van der Waals surface area contributed by atoms with E-state index in [0.29, 0.717) is 15.7 Å². The highest BCUT2D eigenvalue weighted by molar-refractivity contribution is 7.14. The molecule has 0 aliphatic carbocycles. The molecule has 0 aliphatic rings. The lowest BCUT2D eigenvalue weighted by molar-refractivity contribution is -0.117. The predicted molar refractivity (Wildman–Crippen MR) is 67.3 cm³/mol. The average molecular weight is 267 g/mol. The normalized spacial score (nSPS) is 10.1. The standard InChI is InChI=1S/C10H9N3O2S2/c11-8(14)4-6-5-17-10(12-6)13-9(15)7-2-1-3-16-7/h1-3,5H,4H2,(H2,11,14)(H,12,13,15). The fraction of sp³-hybridized carbons (Fsp3) is 0.100. The molecule has 0 saturated carbocycles. The van der Waals surface area contributed by atoms with E-state index in [9.17, 15) is 9.59 Å². The maximum absolute atomic E-state index is 11.7. The Balaban J connectivity index is 2.02. The van der Waals surface area contributed by atoms with Gasteiger partial charge in [-0.1, -0.05) is 6.07 Å². The molecular formula is C10H9N3O2S2. The third kappa shape index (κ3) is 3.11. The quantitative estimate of drug-likeness (QED) is 0.880. The smallest absolute Gasteiger partial charge is 0.267 e. The molecular weight excluding hydrogens is 258 g/mol. The minimum atomic E-state index is -0.438. The van der Waals surface area contributed by atoms with Crippen molar-refractivity contribution in [1.29, 1.82) is 0 Å². The van der Waals surface area contributed by atoms with E-state index in [1.165, 1.54) is 22.7 Å². The van der Waals surface area contributed by atoms with Crippen LogP contribution in [0.25, 0.3) is 0 Å². The number of rotatable bonds is 4. The van der Waals surface area contributed by atoms with E-state index in [-0.39, 0.29) is 12.3 Å². The highest BCUT2D eigenvalue weighted by Crippen LogP contribution is 2.18. The number of carbonyl (C=O) groups is 2. The molecule has 0 unspecified atom stereocenters. The third-order valence-electron chi connectivity index (χ3n) is 1.87. The highest BCUT2D eigenvalue weighted by Gasteiger charge is 2.10. The summed E-state index contributed by atoms with van der Waals surface area (Å²) < 4.78 is 0. The van der Waals surface area contributed by atoms with Gasteiger partial charge in [-0.3, -0.25) is 14.9 Å². The molecule has 5 nitrogen and oxygen atoms in total. The topological polar surface area (TPSA) is 85.1 Å². The molecule has 3 N–H and O–H groups in total. The molecule has 2 amide bonds. The summed E-state index contributed by atoms with van der Waals surface area (Å²) in [6.07, 6.45) is 0.0887. The number of nitrogens with one attached hydrogen (secondary N) is 1. The monoisotopic (exact) mass is 267 g/mol. The molecule has 2 rings (SSSR count). The zero-order valence-electron chi connectivity index (χ0n) is 8.67. The van der Waals surface area contributed by atoms with Crippen LogP contribution in [0.4, 0.5) is 5.13 Å². The Morgan fingerprint density at radius 1 is 1.41 bits per heavy atom. The van der Waals surface area contributed by atoms with Crippen molar-refractivity contribution >= 4 is 39.6 Å². The van der Waals surface area contributed by atoms with Crippen LogP contribution in [0.5, 0.6) is 0 Å². The molecule has 0 fully saturated rings. The van der Waals surface area contributed by atoms with Gasteiger partial charge in [0.25, 0.3) is 5.91 Å². The number of amides is 2. The molecule has 0 aliphatic heterocycles. The van der Waals surface area contributed by atoms with E-state index in [4.69, 9.17) is 5.73 Å². The van der Waals surface area contributed by atoms with E-state index in [1.54, 1.807) is 17.5 Å². The average Bonchev–Trinajstić information content (AvgIpc) is 2.87. The van der Waals surface area contributed by atoms with Crippen LogP contribution in [0.3, 0.4) is 0 Å². The summed E-state index contributed by atoms with van der Waals surface area (Å²) in [6.45, 7) is 0. The van der Waals surface area contributed by atoms with Crippen molar-refractivity contribution < 1.29 is 9.59 Å². The molecule has 0 atom stereocenters. The van der Waals surface area contributed by atoms with Crippen LogP contribution in [0, 0.1) is 0 Å². The number of nitrogens with two attached hydrogens (primary N) is 1. The Labute approximate surface area is 105 Å². The number of aromatic nitrogens is 1. The van der Waals surface area contributed by atoms with Gasteiger partial charge in [-0.05, 0) is 11.4 Å². The van der Waals surface area contributed by atoms with Gasteiger partial charge in [0.15, 0.2) is 5.13 Å². The first-order valence-electron chi connectivity index (χ1n) is 4.72. The second-order valence-electron chi connectivity index (χ2n) is 3.22. The molecule has 2 aromatic rings. The number of anilines is 1. The number of nitrogens with zero attached hydrogens (tertiary/aromatic N) is 1. The van der Waals surface area contributed by atoms with Gasteiger partial charge in [-0.15, -0.1) is 22.7 Å². The van der Waals surface area contributed by atoms with Gasteiger partial charge in [0, 0.05) is 5.38 Å². The van der Waals surface area contributed by atoms with E-state index in [2.05, 4.69) is 10.3 Å². The SMILES string of the molecule is NC(=O)Cc1csc(NC(=O)c2cccs2)n1. The fourth-order valence-electron chi connectivity index (χ4n) is 1.19. The second-order valence-corrected chi connectivity index (χ2v) is 5.02. The van der Waals surface area contributed by atoms with Crippen molar-refractivity contribution in [3.05, 3.63) is 33.5 Å². The molecule has 2 heterocycles. The van der Waals surface area contributed by atoms with Gasteiger partial charge in [0.2, 0.25) is 5.91 Å². The van der Waals surface area contributed by atoms with E-state index in [0.717, 1.165) is 0 Å². The van der Waals surface area contributed by atoms with Gasteiger partial charge in [0.1, 0.15) is 0 Å². The van der Waals surface area contributed by atoms with Crippen molar-refractivity contribution in [3.63, 3.8) is 0 Å². The van der Waals surface area contributed by atoms with Crippen LogP contribution in [-0.4, -0.2) is 16.8 Å². The Kier molecular flexibility index (Phi) is 3.50. The summed E-state index contributed by atoms with van der Waals surface area (Å²) in [6, 6.07) is 3.54. The summed E-state index contributed by atoms with van der Waals surface area (Å²) in [5, 5.41) is 6.67. The first-order chi connectivity index (χ1) is 8.15. The van der Waals surface area contributed by atoms with E-state index < -0.39 is 5.91 Å². The summed E-state index contributed by atoms with van der Waals surface area (Å²) in [4.78, 5) is 27.1. The van der Waals surface area contributed by atoms with Crippen LogP contribution >= 0.6 is 22.7 Å². The molecule has 0 radical (unpaired) electrons. The van der Waals surface area contributed by atoms with Crippen molar-refractivity contribution in [2.75, 3.05) is 5.32 Å². The van der Waals surface area contributed by atoms with Gasteiger partial charge < -0.3 is 5.73 Å². The maximum Gasteiger partial charge on any atom is 0.267 e. The van der Waals surface area contributed by atoms with Crippen LogP contribution < -0.4 is 11.1 Å². The van der Waals surface area contributed by atoms with E-state index in [1.807, 2.05) is 5.38 Å². The lowest BCUT2D eigenvalue weighted by Crippen LogP contribution is -2.14. The minimum absolute atomic E-state index is 0.0887. The second kappa shape index (κ2) is 5.07. The van der Waals surface area contributed by atoms with Crippen LogP contribution in [0.1, 0.15) is 15.4 Å². The van der Waals surface area contributed by atoms with Crippen molar-refractivity contribution in [1.82, 2.24) is 4.98 Å². The van der Waals surface area contributed by atoms with Crippen molar-refractivity contribution in [2.24, 2.45) is 5.73 Å². The number of hydrogen-bond donors (Lipinski definition) is 2. The molecule has 17 heavy (non-hydrogen) atoms. The van der Waals surface area contributed by atoms with Crippen LogP contribution in [-0.2, 0) is 11.2 Å². The highest BCUT2D eigenvalue weighted by atomic mass is 32.1. The number of primary amides is 1. The van der Waals surface area contributed by atoms with Crippen LogP contribution in [0.2, 0.25) is 0 Å². The lowest BCUT2D eigenvalue weighted by atomic mass is 10.3. The van der Waals surface area contributed by atoms with Crippen molar-refractivity contribution in [2.45, 2.75) is 6.42 Å². The molecule has 7 heteroatoms. The first-order valence-corrected chi connectivity index (χ1v) is 6.48. The van der Waals surface area contributed by atoms with Gasteiger partial charge >= 0.3 is 0 Å². The summed E-state index contributed by atoms with van der Waals surface area (Å²) in [5.41, 5.74) is 5.63. The molecule has 0 aromatic carbocycles. The van der Waals surface area contributed by atoms with Gasteiger partial charge in [-0.2, -0.15) is 0 Å². The maximum atomic E-state index is 11.7. The number of thiazole rings is 1. The zero-order valence-corrected chi connectivity index (χ0v) is 10.3. The van der Waals surface area contributed by atoms with Gasteiger partial charge in [-0.25, -0.2) is 4.98 Å². The molecule has 0 saturated heterocycles. The van der Waals surface area contributed by atoms with Crippen LogP contribution in [0.15, 0.2) is 22.9 Å². The van der Waals surface area contributed by atoms with Gasteiger partial charge in [0.05, 0.1) is 17.0 Å². The van der Waals surface area contributed by atoms with Crippen molar-refractivity contribution in [3.8, 4) is 0 Å².